The lowest BCUT2D eigenvalue weighted by molar-refractivity contribution is 0.561. The largest absolute Gasteiger partial charge is 0.324 e. The Balaban J connectivity index is 1.33. The molecule has 4 heterocycles. The number of aromatic amines is 1. The van der Waals surface area contributed by atoms with Gasteiger partial charge in [0.15, 0.2) is 17.0 Å². The highest BCUT2D eigenvalue weighted by molar-refractivity contribution is 5.86. The molecule has 3 N–H and O–H groups in total. The molecular weight excluding hydrogens is 422 g/mol. The van der Waals surface area contributed by atoms with Gasteiger partial charge in [0.1, 0.15) is 0 Å². The number of aryl methyl sites for hydroxylation is 2. The van der Waals surface area contributed by atoms with Crippen LogP contribution in [0, 0.1) is 0 Å². The number of nitrogens with two attached hydrogens (primary N) is 1. The quantitative estimate of drug-likeness (QED) is 0.371. The molecule has 4 aromatic rings. The molecule has 2 atom stereocenters. The van der Waals surface area contributed by atoms with Crippen LogP contribution in [0.1, 0.15) is 74.0 Å². The second-order valence-electron chi connectivity index (χ2n) is 9.25. The van der Waals surface area contributed by atoms with E-state index in [4.69, 9.17) is 15.7 Å². The average molecular weight is 456 g/mol. The summed E-state index contributed by atoms with van der Waals surface area (Å²) < 4.78 is 0. The summed E-state index contributed by atoms with van der Waals surface area (Å²) in [5.41, 5.74) is 13.6. The third kappa shape index (κ3) is 4.40. The number of hydrogen-bond acceptors (Lipinski definition) is 6. The van der Waals surface area contributed by atoms with Gasteiger partial charge < -0.3 is 10.6 Å². The lowest BCUT2D eigenvalue weighted by Crippen LogP contribution is -2.25. The Hall–Kier alpha value is -3.32. The highest BCUT2D eigenvalue weighted by atomic mass is 15.3. The van der Waals surface area contributed by atoms with Crippen molar-refractivity contribution in [2.24, 2.45) is 5.73 Å². The van der Waals surface area contributed by atoms with Crippen molar-refractivity contribution in [3.05, 3.63) is 71.3 Å². The van der Waals surface area contributed by atoms with Crippen molar-refractivity contribution in [2.75, 3.05) is 11.4 Å². The zero-order valence-electron chi connectivity index (χ0n) is 20.0. The molecule has 0 radical (unpaired) electrons. The molecule has 7 heteroatoms. The van der Waals surface area contributed by atoms with Gasteiger partial charge in [0.25, 0.3) is 0 Å². The number of H-pyrrole nitrogens is 1. The Morgan fingerprint density at radius 2 is 2.03 bits per heavy atom. The Bertz CT molecular complexity index is 1260. The molecule has 0 amide bonds. The number of hydrogen-bond donors (Lipinski definition) is 2. The second-order valence-corrected chi connectivity index (χ2v) is 9.25. The molecule has 0 saturated carbocycles. The van der Waals surface area contributed by atoms with E-state index in [1.807, 2.05) is 18.5 Å². The Morgan fingerprint density at radius 1 is 1.15 bits per heavy atom. The lowest BCUT2D eigenvalue weighted by Gasteiger charge is -2.28. The van der Waals surface area contributed by atoms with Gasteiger partial charge in [0.05, 0.1) is 17.1 Å². The van der Waals surface area contributed by atoms with Crippen molar-refractivity contribution in [2.45, 2.75) is 64.3 Å². The van der Waals surface area contributed by atoms with Gasteiger partial charge in [0.2, 0.25) is 0 Å². The van der Waals surface area contributed by atoms with Gasteiger partial charge >= 0.3 is 0 Å². The summed E-state index contributed by atoms with van der Waals surface area (Å²) in [4.78, 5) is 16.5. The van der Waals surface area contributed by atoms with Crippen molar-refractivity contribution in [1.82, 2.24) is 25.1 Å². The molecule has 0 aliphatic carbocycles. The summed E-state index contributed by atoms with van der Waals surface area (Å²) in [6.07, 6.45) is 10.1. The summed E-state index contributed by atoms with van der Waals surface area (Å²) in [7, 11) is 0. The SMILES string of the molecule is CC[C@H](CCCc1ccccc1C(C)N)c1cnc2c(N3CCCc4ncccc43)n[nH]c2n1. The van der Waals surface area contributed by atoms with Gasteiger partial charge in [0, 0.05) is 30.9 Å². The number of anilines is 2. The molecule has 0 spiro atoms. The van der Waals surface area contributed by atoms with Gasteiger partial charge in [-0.15, -0.1) is 0 Å². The van der Waals surface area contributed by atoms with Crippen LogP contribution in [0.2, 0.25) is 0 Å². The number of benzene rings is 1. The van der Waals surface area contributed by atoms with Crippen LogP contribution in [0.3, 0.4) is 0 Å². The predicted molar refractivity (Wildman–Crippen MR) is 136 cm³/mol. The average Bonchev–Trinajstić information content (AvgIpc) is 3.29. The number of aromatic nitrogens is 5. The fourth-order valence-electron chi connectivity index (χ4n) is 5.11. The van der Waals surface area contributed by atoms with E-state index in [1.165, 1.54) is 11.1 Å². The third-order valence-electron chi connectivity index (χ3n) is 6.93. The lowest BCUT2D eigenvalue weighted by atomic mass is 9.92. The predicted octanol–water partition coefficient (Wildman–Crippen LogP) is 5.37. The molecule has 0 fully saturated rings. The first-order chi connectivity index (χ1) is 16.7. The molecule has 176 valence electrons. The van der Waals surface area contributed by atoms with E-state index < -0.39 is 0 Å². The summed E-state index contributed by atoms with van der Waals surface area (Å²) in [6, 6.07) is 12.7. The molecular formula is C27H33N7. The van der Waals surface area contributed by atoms with Crippen molar-refractivity contribution in [1.29, 1.82) is 0 Å². The van der Waals surface area contributed by atoms with Crippen molar-refractivity contribution < 1.29 is 0 Å². The summed E-state index contributed by atoms with van der Waals surface area (Å²) >= 11 is 0. The number of rotatable bonds is 8. The summed E-state index contributed by atoms with van der Waals surface area (Å²) in [5, 5.41) is 7.75. The summed E-state index contributed by atoms with van der Waals surface area (Å²) in [6.45, 7) is 5.18. The Kier molecular flexibility index (Phi) is 6.54. The van der Waals surface area contributed by atoms with Crippen LogP contribution in [0.4, 0.5) is 11.5 Å². The maximum Gasteiger partial charge on any atom is 0.183 e. The number of nitrogens with one attached hydrogen (secondary N) is 1. The van der Waals surface area contributed by atoms with E-state index in [1.54, 1.807) is 0 Å². The highest BCUT2D eigenvalue weighted by Gasteiger charge is 2.24. The topological polar surface area (TPSA) is 96.6 Å². The van der Waals surface area contributed by atoms with E-state index in [9.17, 15) is 0 Å². The Labute approximate surface area is 200 Å². The van der Waals surface area contributed by atoms with Crippen molar-refractivity contribution in [3.8, 4) is 0 Å². The molecule has 1 unspecified atom stereocenters. The maximum atomic E-state index is 6.16. The van der Waals surface area contributed by atoms with E-state index in [-0.39, 0.29) is 6.04 Å². The molecule has 1 aromatic carbocycles. The van der Waals surface area contributed by atoms with E-state index in [2.05, 4.69) is 64.3 Å². The first kappa shape index (κ1) is 22.5. The minimum atomic E-state index is 0.0590. The van der Waals surface area contributed by atoms with Crippen molar-refractivity contribution in [3.63, 3.8) is 0 Å². The molecule has 1 aliphatic rings. The van der Waals surface area contributed by atoms with Gasteiger partial charge in [-0.05, 0) is 68.7 Å². The molecule has 1 aliphatic heterocycles. The molecule has 3 aromatic heterocycles. The van der Waals surface area contributed by atoms with Gasteiger partial charge in [-0.2, -0.15) is 5.10 Å². The second kappa shape index (κ2) is 9.89. The Morgan fingerprint density at radius 3 is 2.88 bits per heavy atom. The van der Waals surface area contributed by atoms with Crippen LogP contribution in [-0.4, -0.2) is 31.7 Å². The zero-order chi connectivity index (χ0) is 23.5. The van der Waals surface area contributed by atoms with E-state index in [0.29, 0.717) is 5.92 Å². The number of fused-ring (bicyclic) bond motifs is 2. The minimum Gasteiger partial charge on any atom is -0.324 e. The molecule has 0 bridgehead atoms. The van der Waals surface area contributed by atoms with Crippen LogP contribution in [0.25, 0.3) is 11.2 Å². The van der Waals surface area contributed by atoms with Crippen LogP contribution in [-0.2, 0) is 12.8 Å². The van der Waals surface area contributed by atoms with E-state index in [0.717, 1.165) is 79.1 Å². The first-order valence-corrected chi connectivity index (χ1v) is 12.4. The fourth-order valence-corrected chi connectivity index (χ4v) is 5.11. The first-order valence-electron chi connectivity index (χ1n) is 12.4. The third-order valence-corrected chi connectivity index (χ3v) is 6.93. The fraction of sp³-hybridized carbons (Fsp3) is 0.407. The van der Waals surface area contributed by atoms with Gasteiger partial charge in [-0.3, -0.25) is 10.1 Å². The van der Waals surface area contributed by atoms with Gasteiger partial charge in [-0.1, -0.05) is 31.2 Å². The normalized spacial score (nSPS) is 15.3. The molecule has 5 rings (SSSR count). The highest BCUT2D eigenvalue weighted by Crippen LogP contribution is 2.34. The van der Waals surface area contributed by atoms with Crippen LogP contribution in [0.15, 0.2) is 48.8 Å². The monoisotopic (exact) mass is 455 g/mol. The van der Waals surface area contributed by atoms with Gasteiger partial charge in [-0.25, -0.2) is 9.97 Å². The summed E-state index contributed by atoms with van der Waals surface area (Å²) in [5.74, 6) is 1.20. The minimum absolute atomic E-state index is 0.0590. The standard InChI is InChI=1S/C27H33N7/c1-3-19(10-6-11-20-9-4-5-12-21(20)18(2)28)23-17-30-25-26(31-23)32-33-27(25)34-16-8-13-22-24(34)14-7-15-29-22/h4-5,7,9,12,14-15,17-19H,3,6,8,10-11,13,16,28H2,1-2H3,(H,31,32,33)/t18?,19-/m1/s1. The van der Waals surface area contributed by atoms with Crippen LogP contribution < -0.4 is 10.6 Å². The smallest absolute Gasteiger partial charge is 0.183 e. The van der Waals surface area contributed by atoms with Crippen LogP contribution in [0.5, 0.6) is 0 Å². The number of nitrogens with zero attached hydrogens (tertiary/aromatic N) is 5. The molecule has 0 saturated heterocycles. The van der Waals surface area contributed by atoms with Crippen LogP contribution >= 0.6 is 0 Å². The molecule has 7 nitrogen and oxygen atoms in total. The number of pyridine rings is 1. The van der Waals surface area contributed by atoms with E-state index >= 15 is 0 Å². The van der Waals surface area contributed by atoms with Crippen molar-refractivity contribution >= 4 is 22.7 Å². The maximum absolute atomic E-state index is 6.16. The molecule has 34 heavy (non-hydrogen) atoms. The zero-order valence-corrected chi connectivity index (χ0v) is 20.0.